The summed E-state index contributed by atoms with van der Waals surface area (Å²) < 4.78 is 4.76. The second kappa shape index (κ2) is 7.62. The number of methoxy groups -OCH3 is 1. The Morgan fingerprint density at radius 2 is 1.56 bits per heavy atom. The van der Waals surface area contributed by atoms with Crippen molar-refractivity contribution in [1.82, 2.24) is 4.90 Å². The van der Waals surface area contributed by atoms with Gasteiger partial charge in [-0.15, -0.1) is 0 Å². The fraction of sp³-hybridized carbons (Fsp3) is 0.143. The molecule has 1 amide bonds. The highest BCUT2D eigenvalue weighted by molar-refractivity contribution is 6.07. The van der Waals surface area contributed by atoms with Gasteiger partial charge in [0.05, 0.1) is 7.11 Å². The van der Waals surface area contributed by atoms with Gasteiger partial charge in [0.1, 0.15) is 6.54 Å². The first-order valence-corrected chi connectivity index (χ1v) is 8.07. The van der Waals surface area contributed by atoms with Crippen molar-refractivity contribution in [2.24, 2.45) is 0 Å². The van der Waals surface area contributed by atoms with E-state index in [2.05, 4.69) is 0 Å². The third-order valence-electron chi connectivity index (χ3n) is 4.07. The van der Waals surface area contributed by atoms with Crippen LogP contribution in [0.25, 0.3) is 10.8 Å². The molecule has 4 nitrogen and oxygen atoms in total. The zero-order valence-electron chi connectivity index (χ0n) is 14.0. The molecule has 0 heterocycles. The third kappa shape index (κ3) is 3.86. The zero-order valence-corrected chi connectivity index (χ0v) is 14.0. The molecular weight excluding hydrogens is 314 g/mol. The highest BCUT2D eigenvalue weighted by Gasteiger charge is 2.21. The van der Waals surface area contributed by atoms with Crippen molar-refractivity contribution in [3.05, 3.63) is 83.9 Å². The molecular formula is C21H19NO3. The summed E-state index contributed by atoms with van der Waals surface area (Å²) in [6, 6.07) is 22.9. The van der Waals surface area contributed by atoms with E-state index in [4.69, 9.17) is 4.74 Å². The SMILES string of the molecule is COC(=O)CN(Cc1ccccc1)C(=O)c1cccc2ccccc12. The summed E-state index contributed by atoms with van der Waals surface area (Å²) in [5.74, 6) is -0.629. The van der Waals surface area contributed by atoms with E-state index < -0.39 is 5.97 Å². The molecule has 0 aliphatic carbocycles. The monoisotopic (exact) mass is 333 g/mol. The third-order valence-corrected chi connectivity index (χ3v) is 4.07. The average molecular weight is 333 g/mol. The quantitative estimate of drug-likeness (QED) is 0.670. The zero-order chi connectivity index (χ0) is 17.6. The van der Waals surface area contributed by atoms with E-state index in [1.54, 1.807) is 6.07 Å². The van der Waals surface area contributed by atoms with Crippen LogP contribution >= 0.6 is 0 Å². The molecule has 0 saturated heterocycles. The summed E-state index contributed by atoms with van der Waals surface area (Å²) in [6.45, 7) is 0.255. The van der Waals surface area contributed by atoms with E-state index in [9.17, 15) is 9.59 Å². The van der Waals surface area contributed by atoms with E-state index >= 15 is 0 Å². The number of rotatable bonds is 5. The number of carbonyl (C=O) groups is 2. The normalized spacial score (nSPS) is 10.4. The minimum absolute atomic E-state index is 0.0898. The number of hydrogen-bond donors (Lipinski definition) is 0. The van der Waals surface area contributed by atoms with Gasteiger partial charge in [-0.25, -0.2) is 0 Å². The highest BCUT2D eigenvalue weighted by Crippen LogP contribution is 2.21. The van der Waals surface area contributed by atoms with E-state index in [1.165, 1.54) is 12.0 Å². The molecule has 3 aromatic rings. The lowest BCUT2D eigenvalue weighted by Crippen LogP contribution is -2.35. The molecule has 0 aromatic heterocycles. The average Bonchev–Trinajstić information content (AvgIpc) is 2.67. The number of benzene rings is 3. The number of fused-ring (bicyclic) bond motifs is 1. The smallest absolute Gasteiger partial charge is 0.325 e. The van der Waals surface area contributed by atoms with Crippen LogP contribution in [0.5, 0.6) is 0 Å². The molecule has 0 bridgehead atoms. The van der Waals surface area contributed by atoms with Gasteiger partial charge in [-0.05, 0) is 22.4 Å². The molecule has 0 radical (unpaired) electrons. The van der Waals surface area contributed by atoms with Gasteiger partial charge in [0.15, 0.2) is 0 Å². The maximum atomic E-state index is 13.1. The van der Waals surface area contributed by atoms with Crippen molar-refractivity contribution in [3.8, 4) is 0 Å². The molecule has 0 N–H and O–H groups in total. The Kier molecular flexibility index (Phi) is 5.09. The van der Waals surface area contributed by atoms with E-state index in [0.717, 1.165) is 16.3 Å². The maximum absolute atomic E-state index is 13.1. The second-order valence-corrected chi connectivity index (χ2v) is 5.75. The van der Waals surface area contributed by atoms with Gasteiger partial charge in [0.25, 0.3) is 5.91 Å². The topological polar surface area (TPSA) is 46.6 Å². The Balaban J connectivity index is 1.96. The molecule has 0 aliphatic rings. The first-order chi connectivity index (χ1) is 12.2. The van der Waals surface area contributed by atoms with Crippen LogP contribution in [0.1, 0.15) is 15.9 Å². The van der Waals surface area contributed by atoms with Crippen molar-refractivity contribution in [2.75, 3.05) is 13.7 Å². The molecule has 3 aromatic carbocycles. The number of esters is 1. The van der Waals surface area contributed by atoms with Gasteiger partial charge >= 0.3 is 5.97 Å². The Hall–Kier alpha value is -3.14. The number of carbonyl (C=O) groups excluding carboxylic acids is 2. The van der Waals surface area contributed by atoms with Crippen LogP contribution in [0.3, 0.4) is 0 Å². The first-order valence-electron chi connectivity index (χ1n) is 8.07. The van der Waals surface area contributed by atoms with Crippen molar-refractivity contribution in [3.63, 3.8) is 0 Å². The van der Waals surface area contributed by atoms with Crippen molar-refractivity contribution < 1.29 is 14.3 Å². The van der Waals surface area contributed by atoms with Crippen LogP contribution in [0.15, 0.2) is 72.8 Å². The summed E-state index contributed by atoms with van der Waals surface area (Å²) in [4.78, 5) is 26.4. The molecule has 0 saturated carbocycles. The lowest BCUT2D eigenvalue weighted by Gasteiger charge is -2.22. The molecule has 0 spiro atoms. The van der Waals surface area contributed by atoms with E-state index in [0.29, 0.717) is 12.1 Å². The predicted octanol–water partition coefficient (Wildman–Crippen LogP) is 3.66. The Morgan fingerprint density at radius 1 is 0.880 bits per heavy atom. The molecule has 4 heteroatoms. The van der Waals surface area contributed by atoms with Gasteiger partial charge in [-0.1, -0.05) is 66.7 Å². The Bertz CT molecular complexity index is 885. The predicted molar refractivity (Wildman–Crippen MR) is 97.1 cm³/mol. The second-order valence-electron chi connectivity index (χ2n) is 5.75. The fourth-order valence-corrected chi connectivity index (χ4v) is 2.81. The molecule has 0 unspecified atom stereocenters. The van der Waals surface area contributed by atoms with Gasteiger partial charge in [0.2, 0.25) is 0 Å². The fourth-order valence-electron chi connectivity index (χ4n) is 2.81. The molecule has 0 atom stereocenters. The minimum atomic E-state index is -0.440. The van der Waals surface area contributed by atoms with Crippen molar-refractivity contribution >= 4 is 22.6 Å². The number of hydrogen-bond acceptors (Lipinski definition) is 3. The minimum Gasteiger partial charge on any atom is -0.468 e. The van der Waals surface area contributed by atoms with Crippen LogP contribution in [0, 0.1) is 0 Å². The molecule has 126 valence electrons. The lowest BCUT2D eigenvalue weighted by molar-refractivity contribution is -0.141. The van der Waals surface area contributed by atoms with Crippen LogP contribution < -0.4 is 0 Å². The number of amides is 1. The standard InChI is InChI=1S/C21H19NO3/c1-25-20(23)15-22(14-16-8-3-2-4-9-16)21(24)19-13-7-11-17-10-5-6-12-18(17)19/h2-13H,14-15H2,1H3. The van der Waals surface area contributed by atoms with E-state index in [1.807, 2.05) is 66.7 Å². The maximum Gasteiger partial charge on any atom is 0.325 e. The molecule has 0 aliphatic heterocycles. The summed E-state index contributed by atoms with van der Waals surface area (Å²) in [5, 5.41) is 1.86. The number of ether oxygens (including phenoxy) is 1. The Labute approximate surface area is 146 Å². The molecule has 25 heavy (non-hydrogen) atoms. The highest BCUT2D eigenvalue weighted by atomic mass is 16.5. The lowest BCUT2D eigenvalue weighted by atomic mass is 10.0. The van der Waals surface area contributed by atoms with Gasteiger partial charge < -0.3 is 9.64 Å². The summed E-state index contributed by atoms with van der Waals surface area (Å²) >= 11 is 0. The van der Waals surface area contributed by atoms with Gasteiger partial charge in [-0.2, -0.15) is 0 Å². The van der Waals surface area contributed by atoms with Crippen LogP contribution in [-0.4, -0.2) is 30.4 Å². The Morgan fingerprint density at radius 3 is 2.32 bits per heavy atom. The first kappa shape index (κ1) is 16.7. The van der Waals surface area contributed by atoms with E-state index in [-0.39, 0.29) is 12.5 Å². The van der Waals surface area contributed by atoms with Gasteiger partial charge in [0, 0.05) is 12.1 Å². The largest absolute Gasteiger partial charge is 0.468 e. The van der Waals surface area contributed by atoms with Crippen LogP contribution in [0.4, 0.5) is 0 Å². The molecule has 0 fully saturated rings. The van der Waals surface area contributed by atoms with Crippen LogP contribution in [-0.2, 0) is 16.1 Å². The summed E-state index contributed by atoms with van der Waals surface area (Å²) in [6.07, 6.45) is 0. The van der Waals surface area contributed by atoms with Crippen LogP contribution in [0.2, 0.25) is 0 Å². The number of nitrogens with zero attached hydrogens (tertiary/aromatic N) is 1. The van der Waals surface area contributed by atoms with Crippen molar-refractivity contribution in [1.29, 1.82) is 0 Å². The molecule has 3 rings (SSSR count). The summed E-state index contributed by atoms with van der Waals surface area (Å²) in [5.41, 5.74) is 1.54. The van der Waals surface area contributed by atoms with Gasteiger partial charge in [-0.3, -0.25) is 9.59 Å². The summed E-state index contributed by atoms with van der Waals surface area (Å²) in [7, 11) is 1.32. The van der Waals surface area contributed by atoms with Crippen molar-refractivity contribution in [2.45, 2.75) is 6.54 Å².